The Morgan fingerprint density at radius 2 is 1.83 bits per heavy atom. The Hall–Kier alpha value is -2.98. The van der Waals surface area contributed by atoms with Crippen LogP contribution in [-0.2, 0) is 20.9 Å². The molecule has 2 aromatic rings. The van der Waals surface area contributed by atoms with Crippen molar-refractivity contribution in [3.63, 3.8) is 0 Å². The zero-order valence-electron chi connectivity index (χ0n) is 16.7. The van der Waals surface area contributed by atoms with Crippen molar-refractivity contribution in [2.45, 2.75) is 19.5 Å². The molecule has 1 saturated heterocycles. The summed E-state index contributed by atoms with van der Waals surface area (Å²) in [4.78, 5) is 38.9. The monoisotopic (exact) mass is 420 g/mol. The zero-order valence-corrected chi connectivity index (χ0v) is 16.7. The van der Waals surface area contributed by atoms with Gasteiger partial charge in [-0.25, -0.2) is 4.39 Å². The maximum absolute atomic E-state index is 13.8. The highest BCUT2D eigenvalue weighted by Crippen LogP contribution is 2.32. The molecule has 0 spiro atoms. The number of aliphatic carboxylic acids is 2. The molecule has 1 aliphatic rings. The van der Waals surface area contributed by atoms with E-state index < -0.39 is 30.3 Å². The Balaban J connectivity index is 1.85. The van der Waals surface area contributed by atoms with Gasteiger partial charge in [0.1, 0.15) is 18.4 Å². The van der Waals surface area contributed by atoms with Crippen molar-refractivity contribution in [2.24, 2.45) is 0 Å². The Morgan fingerprint density at radius 1 is 1.13 bits per heavy atom. The number of hydrogen-bond acceptors (Lipinski definition) is 5. The number of halogens is 1. The van der Waals surface area contributed by atoms with E-state index in [1.165, 1.54) is 29.0 Å². The zero-order chi connectivity index (χ0) is 21.8. The van der Waals surface area contributed by atoms with Gasteiger partial charge in [0, 0.05) is 49.9 Å². The van der Waals surface area contributed by atoms with Gasteiger partial charge in [-0.1, -0.05) is 0 Å². The molecule has 0 saturated carbocycles. The SMILES string of the molecule is CCNC(=O)CN1CCN([C@@H](C(=O)O)c2cn(CC(=O)O)c3cc(F)ccc23)CC1. The minimum absolute atomic E-state index is 0.0699. The van der Waals surface area contributed by atoms with E-state index in [9.17, 15) is 23.9 Å². The van der Waals surface area contributed by atoms with Crippen LogP contribution in [0.1, 0.15) is 18.5 Å². The number of aromatic nitrogens is 1. The first kappa shape index (κ1) is 21.7. The number of nitrogens with one attached hydrogen (secondary N) is 1. The lowest BCUT2D eigenvalue weighted by Gasteiger charge is -2.37. The van der Waals surface area contributed by atoms with Crippen molar-refractivity contribution in [2.75, 3.05) is 39.3 Å². The van der Waals surface area contributed by atoms with Gasteiger partial charge in [-0.2, -0.15) is 0 Å². The summed E-state index contributed by atoms with van der Waals surface area (Å²) < 4.78 is 15.1. The number of rotatable bonds is 8. The van der Waals surface area contributed by atoms with E-state index in [0.29, 0.717) is 49.2 Å². The van der Waals surface area contributed by atoms with Crippen molar-refractivity contribution in [3.8, 4) is 0 Å². The van der Waals surface area contributed by atoms with E-state index in [1.807, 2.05) is 11.8 Å². The average molecular weight is 420 g/mol. The van der Waals surface area contributed by atoms with Gasteiger partial charge in [0.15, 0.2) is 0 Å². The molecule has 3 N–H and O–H groups in total. The number of carboxylic acids is 2. The number of amides is 1. The highest BCUT2D eigenvalue weighted by atomic mass is 19.1. The van der Waals surface area contributed by atoms with Crippen molar-refractivity contribution in [1.29, 1.82) is 0 Å². The molecule has 0 unspecified atom stereocenters. The number of piperazine rings is 1. The third-order valence-electron chi connectivity index (χ3n) is 5.22. The van der Waals surface area contributed by atoms with Gasteiger partial charge in [0.05, 0.1) is 12.1 Å². The number of hydrogen-bond donors (Lipinski definition) is 3. The summed E-state index contributed by atoms with van der Waals surface area (Å²) in [6.07, 6.45) is 1.48. The van der Waals surface area contributed by atoms with E-state index in [1.54, 1.807) is 4.90 Å². The predicted molar refractivity (Wildman–Crippen MR) is 107 cm³/mol. The van der Waals surface area contributed by atoms with E-state index in [4.69, 9.17) is 5.11 Å². The first-order chi connectivity index (χ1) is 14.3. The maximum atomic E-state index is 13.8. The van der Waals surface area contributed by atoms with Gasteiger partial charge in [-0.15, -0.1) is 0 Å². The number of benzene rings is 1. The second kappa shape index (κ2) is 9.23. The lowest BCUT2D eigenvalue weighted by Crippen LogP contribution is -2.51. The molecule has 0 bridgehead atoms. The van der Waals surface area contributed by atoms with E-state index >= 15 is 0 Å². The lowest BCUT2D eigenvalue weighted by atomic mass is 10.0. The van der Waals surface area contributed by atoms with Crippen molar-refractivity contribution in [3.05, 3.63) is 35.8 Å². The molecule has 1 aliphatic heterocycles. The van der Waals surface area contributed by atoms with Crippen LogP contribution in [0.5, 0.6) is 0 Å². The Bertz CT molecular complexity index is 952. The standard InChI is InChI=1S/C20H25FN4O5/c1-2-22-17(26)11-23-5-7-24(8-6-23)19(20(29)30)15-10-25(12-18(27)28)16-9-13(21)3-4-14(15)16/h3-4,9-10,19H,2,5-8,11-12H2,1H3,(H,22,26)(H,27,28)(H,29,30)/t19-/m1/s1. The third-order valence-corrected chi connectivity index (χ3v) is 5.22. The molecule has 2 heterocycles. The normalized spacial score (nSPS) is 16.5. The molecule has 30 heavy (non-hydrogen) atoms. The van der Waals surface area contributed by atoms with Crippen LogP contribution in [0.2, 0.25) is 0 Å². The van der Waals surface area contributed by atoms with Gasteiger partial charge in [-0.05, 0) is 25.1 Å². The molecule has 3 rings (SSSR count). The number of carboxylic acid groups (broad SMARTS) is 2. The highest BCUT2D eigenvalue weighted by Gasteiger charge is 2.33. The van der Waals surface area contributed by atoms with Crippen LogP contribution in [0.3, 0.4) is 0 Å². The maximum Gasteiger partial charge on any atom is 0.325 e. The third kappa shape index (κ3) is 4.77. The topological polar surface area (TPSA) is 115 Å². The van der Waals surface area contributed by atoms with Crippen LogP contribution in [0.4, 0.5) is 4.39 Å². The molecule has 1 aromatic carbocycles. The molecule has 0 radical (unpaired) electrons. The number of fused-ring (bicyclic) bond motifs is 1. The van der Waals surface area contributed by atoms with Crippen molar-refractivity contribution < 1.29 is 29.0 Å². The van der Waals surface area contributed by atoms with Crippen LogP contribution < -0.4 is 5.32 Å². The quantitative estimate of drug-likeness (QED) is 0.577. The summed E-state index contributed by atoms with van der Waals surface area (Å²) in [5, 5.41) is 22.4. The molecular formula is C20H25FN4O5. The molecule has 1 atom stereocenters. The number of carbonyl (C=O) groups excluding carboxylic acids is 1. The largest absolute Gasteiger partial charge is 0.480 e. The van der Waals surface area contributed by atoms with Crippen LogP contribution in [-0.4, -0.2) is 81.7 Å². The fourth-order valence-corrected chi connectivity index (χ4v) is 3.91. The van der Waals surface area contributed by atoms with Crippen LogP contribution in [0.25, 0.3) is 10.9 Å². The van der Waals surface area contributed by atoms with Gasteiger partial charge in [-0.3, -0.25) is 24.2 Å². The highest BCUT2D eigenvalue weighted by molar-refractivity contribution is 5.90. The first-order valence-electron chi connectivity index (χ1n) is 9.76. The number of likely N-dealkylation sites (N-methyl/N-ethyl adjacent to an activating group) is 1. The minimum atomic E-state index is -1.10. The molecule has 1 amide bonds. The van der Waals surface area contributed by atoms with E-state index in [0.717, 1.165) is 0 Å². The predicted octanol–water partition coefficient (Wildman–Crippen LogP) is 0.744. The fraction of sp³-hybridized carbons (Fsp3) is 0.450. The summed E-state index contributed by atoms with van der Waals surface area (Å²) in [6, 6.07) is 2.93. The Labute approximate surface area is 172 Å². The molecule has 162 valence electrons. The number of nitrogens with zero attached hydrogens (tertiary/aromatic N) is 3. The van der Waals surface area contributed by atoms with Crippen LogP contribution in [0, 0.1) is 5.82 Å². The second-order valence-electron chi connectivity index (χ2n) is 7.27. The molecule has 10 heteroatoms. The number of carbonyl (C=O) groups is 3. The summed E-state index contributed by atoms with van der Waals surface area (Å²) in [7, 11) is 0. The smallest absolute Gasteiger partial charge is 0.325 e. The minimum Gasteiger partial charge on any atom is -0.480 e. The van der Waals surface area contributed by atoms with Crippen LogP contribution >= 0.6 is 0 Å². The summed E-state index contributed by atoms with van der Waals surface area (Å²) in [5.41, 5.74) is 0.768. The summed E-state index contributed by atoms with van der Waals surface area (Å²) >= 11 is 0. The van der Waals surface area contributed by atoms with Gasteiger partial charge < -0.3 is 20.1 Å². The van der Waals surface area contributed by atoms with Gasteiger partial charge >= 0.3 is 11.9 Å². The van der Waals surface area contributed by atoms with Gasteiger partial charge in [0.2, 0.25) is 5.91 Å². The molecule has 1 fully saturated rings. The second-order valence-corrected chi connectivity index (χ2v) is 7.27. The summed E-state index contributed by atoms with van der Waals surface area (Å²) in [5.74, 6) is -2.76. The molecule has 1 aromatic heterocycles. The Morgan fingerprint density at radius 3 is 2.43 bits per heavy atom. The summed E-state index contributed by atoms with van der Waals surface area (Å²) in [6.45, 7) is 4.20. The lowest BCUT2D eigenvalue weighted by molar-refractivity contribution is -0.144. The average Bonchev–Trinajstić information content (AvgIpc) is 3.00. The fourth-order valence-electron chi connectivity index (χ4n) is 3.91. The van der Waals surface area contributed by atoms with Gasteiger partial charge in [0.25, 0.3) is 0 Å². The first-order valence-corrected chi connectivity index (χ1v) is 9.76. The van der Waals surface area contributed by atoms with Crippen LogP contribution in [0.15, 0.2) is 24.4 Å². The van der Waals surface area contributed by atoms with E-state index in [-0.39, 0.29) is 12.5 Å². The van der Waals surface area contributed by atoms with Crippen molar-refractivity contribution >= 4 is 28.7 Å². The molecule has 9 nitrogen and oxygen atoms in total. The van der Waals surface area contributed by atoms with E-state index in [2.05, 4.69) is 5.32 Å². The Kier molecular flexibility index (Phi) is 6.68. The van der Waals surface area contributed by atoms with Crippen molar-refractivity contribution in [1.82, 2.24) is 19.7 Å². The molecular weight excluding hydrogens is 395 g/mol. The molecule has 0 aliphatic carbocycles.